The lowest BCUT2D eigenvalue weighted by atomic mass is 10.2. The molecule has 0 bridgehead atoms. The smallest absolute Gasteiger partial charge is 0.203 e. The molecule has 3 aromatic heterocycles. The average Bonchev–Trinajstić information content (AvgIpc) is 3.08. The summed E-state index contributed by atoms with van der Waals surface area (Å²) in [4.78, 5) is 26.7. The molecule has 1 aromatic carbocycles. The number of H-pyrrole nitrogens is 1. The summed E-state index contributed by atoms with van der Waals surface area (Å²) >= 11 is 0. The second kappa shape index (κ2) is 8.10. The minimum atomic E-state index is 0.769. The van der Waals surface area contributed by atoms with Crippen LogP contribution in [0.4, 0.5) is 11.8 Å². The highest BCUT2D eigenvalue weighted by atomic mass is 15.3. The number of nitrogens with one attached hydrogen (secondary N) is 1. The maximum Gasteiger partial charge on any atom is 0.203 e. The van der Waals surface area contributed by atoms with Gasteiger partial charge in [0.05, 0.1) is 11.0 Å². The molecule has 0 amide bonds. The lowest BCUT2D eigenvalue weighted by Crippen LogP contribution is -2.31. The van der Waals surface area contributed by atoms with Gasteiger partial charge in [-0.2, -0.15) is 0 Å². The van der Waals surface area contributed by atoms with Crippen molar-refractivity contribution in [3.63, 3.8) is 0 Å². The van der Waals surface area contributed by atoms with Crippen molar-refractivity contribution in [3.05, 3.63) is 60.6 Å². The Morgan fingerprint density at radius 2 is 1.70 bits per heavy atom. The molecule has 4 heterocycles. The van der Waals surface area contributed by atoms with E-state index in [0.717, 1.165) is 78.9 Å². The van der Waals surface area contributed by atoms with Crippen LogP contribution in [0.1, 0.15) is 19.0 Å². The van der Waals surface area contributed by atoms with Gasteiger partial charge in [0.1, 0.15) is 5.82 Å². The molecular weight excluding hydrogens is 374 g/mol. The highest BCUT2D eigenvalue weighted by Crippen LogP contribution is 2.23. The number of imidazole rings is 1. The van der Waals surface area contributed by atoms with Gasteiger partial charge in [-0.15, -0.1) is 0 Å². The molecule has 0 radical (unpaired) electrons. The molecule has 5 rings (SSSR count). The standard InChI is InChI=1S/C23H25N7/c1-2-18-16-21(28-22(25-18)17-8-10-24-11-9-17)29-12-5-13-30(15-14-29)23-26-19-6-3-4-7-20(19)27-23/h3-4,6-11,16H,2,5,12-15H2,1H3,(H,26,27). The van der Waals surface area contributed by atoms with Gasteiger partial charge in [-0.3, -0.25) is 4.98 Å². The van der Waals surface area contributed by atoms with Gasteiger partial charge in [0, 0.05) is 55.9 Å². The Labute approximate surface area is 175 Å². The number of pyridine rings is 1. The first-order chi connectivity index (χ1) is 14.8. The van der Waals surface area contributed by atoms with E-state index in [-0.39, 0.29) is 0 Å². The maximum atomic E-state index is 4.89. The minimum Gasteiger partial charge on any atom is -0.355 e. The Hall–Kier alpha value is -3.48. The number of aryl methyl sites for hydroxylation is 1. The predicted octanol–water partition coefficient (Wildman–Crippen LogP) is 3.69. The van der Waals surface area contributed by atoms with Crippen molar-refractivity contribution >= 4 is 22.8 Å². The number of para-hydroxylation sites is 2. The Bertz CT molecular complexity index is 1110. The molecule has 1 fully saturated rings. The Morgan fingerprint density at radius 3 is 2.53 bits per heavy atom. The topological polar surface area (TPSA) is 73.8 Å². The zero-order valence-corrected chi connectivity index (χ0v) is 17.1. The number of anilines is 2. The highest BCUT2D eigenvalue weighted by Gasteiger charge is 2.20. The SMILES string of the molecule is CCc1cc(N2CCCN(c3nc4ccccc4[nH]3)CC2)nc(-c2ccncc2)n1. The summed E-state index contributed by atoms with van der Waals surface area (Å²) in [5.41, 5.74) is 4.16. The van der Waals surface area contributed by atoms with Crippen molar-refractivity contribution in [2.24, 2.45) is 0 Å². The second-order valence-electron chi connectivity index (χ2n) is 7.54. The number of fused-ring (bicyclic) bond motifs is 1. The number of benzene rings is 1. The van der Waals surface area contributed by atoms with E-state index in [1.165, 1.54) is 0 Å². The summed E-state index contributed by atoms with van der Waals surface area (Å²) < 4.78 is 0. The van der Waals surface area contributed by atoms with E-state index < -0.39 is 0 Å². The van der Waals surface area contributed by atoms with E-state index in [0.29, 0.717) is 0 Å². The molecule has 7 heteroatoms. The van der Waals surface area contributed by atoms with Crippen molar-refractivity contribution in [2.45, 2.75) is 19.8 Å². The second-order valence-corrected chi connectivity index (χ2v) is 7.54. The van der Waals surface area contributed by atoms with Gasteiger partial charge in [0.15, 0.2) is 5.82 Å². The Balaban J connectivity index is 1.39. The van der Waals surface area contributed by atoms with E-state index >= 15 is 0 Å². The van der Waals surface area contributed by atoms with Gasteiger partial charge in [-0.25, -0.2) is 15.0 Å². The summed E-state index contributed by atoms with van der Waals surface area (Å²) in [5.74, 6) is 2.72. The maximum absolute atomic E-state index is 4.89. The van der Waals surface area contributed by atoms with Gasteiger partial charge in [0.2, 0.25) is 5.95 Å². The van der Waals surface area contributed by atoms with Crippen LogP contribution in [-0.4, -0.2) is 51.1 Å². The van der Waals surface area contributed by atoms with Crippen LogP contribution in [0, 0.1) is 0 Å². The molecule has 1 N–H and O–H groups in total. The Kier molecular flexibility index (Phi) is 5.01. The van der Waals surface area contributed by atoms with Gasteiger partial charge in [0.25, 0.3) is 0 Å². The van der Waals surface area contributed by atoms with Gasteiger partial charge in [-0.1, -0.05) is 19.1 Å². The Morgan fingerprint density at radius 1 is 0.900 bits per heavy atom. The molecule has 4 aromatic rings. The van der Waals surface area contributed by atoms with Crippen molar-refractivity contribution in [3.8, 4) is 11.4 Å². The van der Waals surface area contributed by atoms with E-state index in [4.69, 9.17) is 15.0 Å². The zero-order chi connectivity index (χ0) is 20.3. The fourth-order valence-electron chi connectivity index (χ4n) is 3.90. The van der Waals surface area contributed by atoms with Gasteiger partial charge < -0.3 is 14.8 Å². The largest absolute Gasteiger partial charge is 0.355 e. The molecule has 0 saturated carbocycles. The van der Waals surface area contributed by atoms with Crippen LogP contribution in [0.3, 0.4) is 0 Å². The first kappa shape index (κ1) is 18.5. The summed E-state index contributed by atoms with van der Waals surface area (Å²) in [7, 11) is 0. The predicted molar refractivity (Wildman–Crippen MR) is 120 cm³/mol. The number of aromatic amines is 1. The molecule has 152 valence electrons. The van der Waals surface area contributed by atoms with Crippen molar-refractivity contribution < 1.29 is 0 Å². The number of hydrogen-bond acceptors (Lipinski definition) is 6. The van der Waals surface area contributed by atoms with Crippen LogP contribution in [0.15, 0.2) is 54.9 Å². The van der Waals surface area contributed by atoms with Crippen molar-refractivity contribution in [1.82, 2.24) is 24.9 Å². The van der Waals surface area contributed by atoms with Crippen molar-refractivity contribution in [1.29, 1.82) is 0 Å². The summed E-state index contributed by atoms with van der Waals surface area (Å²) in [6, 6.07) is 14.2. The summed E-state index contributed by atoms with van der Waals surface area (Å²) in [6.07, 6.45) is 5.50. The minimum absolute atomic E-state index is 0.769. The zero-order valence-electron chi connectivity index (χ0n) is 17.1. The van der Waals surface area contributed by atoms with E-state index in [2.05, 4.69) is 38.8 Å². The van der Waals surface area contributed by atoms with Gasteiger partial charge >= 0.3 is 0 Å². The number of nitrogens with zero attached hydrogens (tertiary/aromatic N) is 6. The monoisotopic (exact) mass is 399 g/mol. The van der Waals surface area contributed by atoms with Crippen molar-refractivity contribution in [2.75, 3.05) is 36.0 Å². The fourth-order valence-corrected chi connectivity index (χ4v) is 3.90. The van der Waals surface area contributed by atoms with Crippen LogP contribution in [0.2, 0.25) is 0 Å². The number of rotatable bonds is 4. The number of aromatic nitrogens is 5. The molecule has 0 spiro atoms. The lowest BCUT2D eigenvalue weighted by Gasteiger charge is -2.23. The molecule has 0 aliphatic carbocycles. The van der Waals surface area contributed by atoms with Crippen LogP contribution in [0.5, 0.6) is 0 Å². The first-order valence-electron chi connectivity index (χ1n) is 10.5. The molecule has 0 atom stereocenters. The molecule has 1 aliphatic heterocycles. The molecule has 30 heavy (non-hydrogen) atoms. The highest BCUT2D eigenvalue weighted by molar-refractivity contribution is 5.77. The lowest BCUT2D eigenvalue weighted by molar-refractivity contribution is 0.788. The summed E-state index contributed by atoms with van der Waals surface area (Å²) in [5, 5.41) is 0. The molecule has 7 nitrogen and oxygen atoms in total. The van der Waals surface area contributed by atoms with E-state index in [1.807, 2.05) is 30.3 Å². The van der Waals surface area contributed by atoms with E-state index in [9.17, 15) is 0 Å². The van der Waals surface area contributed by atoms with E-state index in [1.54, 1.807) is 12.4 Å². The van der Waals surface area contributed by atoms with Crippen LogP contribution < -0.4 is 9.80 Å². The molecule has 1 saturated heterocycles. The van der Waals surface area contributed by atoms with Gasteiger partial charge in [-0.05, 0) is 37.1 Å². The molecule has 1 aliphatic rings. The average molecular weight is 400 g/mol. The normalized spacial score (nSPS) is 14.8. The fraction of sp³-hybridized carbons (Fsp3) is 0.304. The molecule has 0 unspecified atom stereocenters. The third-order valence-corrected chi connectivity index (χ3v) is 5.56. The third kappa shape index (κ3) is 3.70. The third-order valence-electron chi connectivity index (χ3n) is 5.56. The van der Waals surface area contributed by atoms with Crippen LogP contribution in [0.25, 0.3) is 22.4 Å². The van der Waals surface area contributed by atoms with Crippen LogP contribution in [-0.2, 0) is 6.42 Å². The summed E-state index contributed by atoms with van der Waals surface area (Å²) in [6.45, 7) is 5.86. The van der Waals surface area contributed by atoms with Crippen LogP contribution >= 0.6 is 0 Å². The number of hydrogen-bond donors (Lipinski definition) is 1. The quantitative estimate of drug-likeness (QED) is 0.564. The molecular formula is C23H25N7. The first-order valence-corrected chi connectivity index (χ1v) is 10.5.